The molecule has 1 aliphatic heterocycles. The Labute approximate surface area is 136 Å². The average molecular weight is 342 g/mol. The van der Waals surface area contributed by atoms with Crippen molar-refractivity contribution in [3.63, 3.8) is 0 Å². The van der Waals surface area contributed by atoms with Crippen LogP contribution >= 0.6 is 0 Å². The highest BCUT2D eigenvalue weighted by atomic mass is 32.2. The molecule has 1 heterocycles. The summed E-state index contributed by atoms with van der Waals surface area (Å²) >= 11 is 0. The van der Waals surface area contributed by atoms with Crippen molar-refractivity contribution >= 4 is 15.9 Å². The smallest absolute Gasteiger partial charge is 0.257 e. The van der Waals surface area contributed by atoms with Gasteiger partial charge in [0.1, 0.15) is 5.75 Å². The van der Waals surface area contributed by atoms with E-state index in [9.17, 15) is 13.2 Å². The first-order valence-corrected chi connectivity index (χ1v) is 9.12. The minimum atomic E-state index is -3.38. The molecule has 0 radical (unpaired) electrons. The SMILES string of the molecule is CC1CN(S(=O)(=O)CCNC(=O)COc2ccccc2)CCO1. The summed E-state index contributed by atoms with van der Waals surface area (Å²) in [7, 11) is -3.38. The normalized spacial score (nSPS) is 19.3. The molecule has 1 saturated heterocycles. The number of rotatable bonds is 7. The van der Waals surface area contributed by atoms with Crippen molar-refractivity contribution in [1.82, 2.24) is 9.62 Å². The molecule has 128 valence electrons. The molecular weight excluding hydrogens is 320 g/mol. The Morgan fingerprint density at radius 3 is 2.83 bits per heavy atom. The number of ether oxygens (including phenoxy) is 2. The van der Waals surface area contributed by atoms with Crippen LogP contribution in [0.2, 0.25) is 0 Å². The van der Waals surface area contributed by atoms with Gasteiger partial charge in [-0.05, 0) is 19.1 Å². The quantitative estimate of drug-likeness (QED) is 0.767. The van der Waals surface area contributed by atoms with E-state index in [2.05, 4.69) is 5.32 Å². The number of morpholine rings is 1. The molecule has 1 aliphatic rings. The highest BCUT2D eigenvalue weighted by molar-refractivity contribution is 7.89. The second-order valence-electron chi connectivity index (χ2n) is 5.31. The Kier molecular flexibility index (Phi) is 6.37. The van der Waals surface area contributed by atoms with E-state index in [4.69, 9.17) is 9.47 Å². The van der Waals surface area contributed by atoms with Gasteiger partial charge in [0.05, 0.1) is 18.5 Å². The van der Waals surface area contributed by atoms with E-state index in [0.717, 1.165) is 0 Å². The standard InChI is InChI=1S/C15H22N2O5S/c1-13-11-17(8-9-21-13)23(19,20)10-7-16-15(18)12-22-14-5-3-2-4-6-14/h2-6,13H,7-12H2,1H3,(H,16,18). The predicted octanol–water partition coefficient (Wildman–Crippen LogP) is 0.232. The third kappa shape index (κ3) is 5.81. The fourth-order valence-electron chi connectivity index (χ4n) is 2.20. The van der Waals surface area contributed by atoms with Crippen LogP contribution in [0.4, 0.5) is 0 Å². The minimum Gasteiger partial charge on any atom is -0.484 e. The van der Waals surface area contributed by atoms with Crippen LogP contribution in [-0.2, 0) is 19.6 Å². The summed E-state index contributed by atoms with van der Waals surface area (Å²) in [5, 5.41) is 2.56. The molecule has 0 saturated carbocycles. The van der Waals surface area contributed by atoms with E-state index < -0.39 is 10.0 Å². The van der Waals surface area contributed by atoms with Gasteiger partial charge in [0, 0.05) is 19.6 Å². The number of benzene rings is 1. The van der Waals surface area contributed by atoms with Gasteiger partial charge in [0.2, 0.25) is 10.0 Å². The highest BCUT2D eigenvalue weighted by Crippen LogP contribution is 2.10. The first-order valence-electron chi connectivity index (χ1n) is 7.51. The van der Waals surface area contributed by atoms with Gasteiger partial charge < -0.3 is 14.8 Å². The number of hydrogen-bond donors (Lipinski definition) is 1. The van der Waals surface area contributed by atoms with Crippen molar-refractivity contribution in [3.05, 3.63) is 30.3 Å². The lowest BCUT2D eigenvalue weighted by atomic mass is 10.3. The molecule has 7 nitrogen and oxygen atoms in total. The number of para-hydroxylation sites is 1. The van der Waals surface area contributed by atoms with Crippen LogP contribution in [-0.4, -0.2) is 63.3 Å². The number of carbonyl (C=O) groups excluding carboxylic acids is 1. The number of nitrogens with one attached hydrogen (secondary N) is 1. The molecule has 1 aromatic carbocycles. The second-order valence-corrected chi connectivity index (χ2v) is 7.40. The summed E-state index contributed by atoms with van der Waals surface area (Å²) in [6, 6.07) is 8.96. The van der Waals surface area contributed by atoms with Crippen molar-refractivity contribution in [2.75, 3.05) is 38.6 Å². The van der Waals surface area contributed by atoms with Crippen LogP contribution in [0.25, 0.3) is 0 Å². The molecule has 0 spiro atoms. The number of carbonyl (C=O) groups is 1. The summed E-state index contributed by atoms with van der Waals surface area (Å²) < 4.78 is 36.4. The molecular formula is C15H22N2O5S. The van der Waals surface area contributed by atoms with Gasteiger partial charge in [0.15, 0.2) is 6.61 Å². The summed E-state index contributed by atoms with van der Waals surface area (Å²) in [5.74, 6) is 0.119. The molecule has 0 bridgehead atoms. The van der Waals surface area contributed by atoms with Crippen molar-refractivity contribution < 1.29 is 22.7 Å². The Morgan fingerprint density at radius 1 is 1.39 bits per heavy atom. The van der Waals surface area contributed by atoms with Gasteiger partial charge in [0.25, 0.3) is 5.91 Å². The topological polar surface area (TPSA) is 84.9 Å². The van der Waals surface area contributed by atoms with E-state index in [1.54, 1.807) is 12.1 Å². The van der Waals surface area contributed by atoms with E-state index in [-0.39, 0.29) is 30.9 Å². The fourth-order valence-corrected chi connectivity index (χ4v) is 3.61. The Hall–Kier alpha value is -1.64. The van der Waals surface area contributed by atoms with Gasteiger partial charge in [-0.1, -0.05) is 18.2 Å². The van der Waals surface area contributed by atoms with Crippen LogP contribution in [0.15, 0.2) is 30.3 Å². The van der Waals surface area contributed by atoms with Gasteiger partial charge in [-0.2, -0.15) is 4.31 Å². The number of amides is 1. The Morgan fingerprint density at radius 2 is 2.13 bits per heavy atom. The van der Waals surface area contributed by atoms with E-state index in [0.29, 0.717) is 25.4 Å². The maximum atomic E-state index is 12.2. The van der Waals surface area contributed by atoms with Crippen LogP contribution < -0.4 is 10.1 Å². The van der Waals surface area contributed by atoms with Gasteiger partial charge in [-0.25, -0.2) is 8.42 Å². The van der Waals surface area contributed by atoms with Crippen LogP contribution in [0, 0.1) is 0 Å². The highest BCUT2D eigenvalue weighted by Gasteiger charge is 2.27. The first-order chi connectivity index (χ1) is 11.0. The molecule has 1 amide bonds. The second kappa shape index (κ2) is 8.28. The molecule has 2 rings (SSSR count). The van der Waals surface area contributed by atoms with Crippen molar-refractivity contribution in [1.29, 1.82) is 0 Å². The lowest BCUT2D eigenvalue weighted by Crippen LogP contribution is -2.46. The fraction of sp³-hybridized carbons (Fsp3) is 0.533. The molecule has 0 aliphatic carbocycles. The first kappa shape index (κ1) is 17.7. The largest absolute Gasteiger partial charge is 0.484 e. The zero-order valence-electron chi connectivity index (χ0n) is 13.1. The Bertz CT molecular complexity index is 606. The molecule has 1 atom stereocenters. The average Bonchev–Trinajstić information content (AvgIpc) is 2.54. The third-order valence-electron chi connectivity index (χ3n) is 3.39. The predicted molar refractivity (Wildman–Crippen MR) is 85.7 cm³/mol. The molecule has 8 heteroatoms. The lowest BCUT2D eigenvalue weighted by molar-refractivity contribution is -0.122. The zero-order valence-corrected chi connectivity index (χ0v) is 13.9. The molecule has 1 unspecified atom stereocenters. The summed E-state index contributed by atoms with van der Waals surface area (Å²) in [5.41, 5.74) is 0. The van der Waals surface area contributed by atoms with E-state index in [1.807, 2.05) is 25.1 Å². The summed E-state index contributed by atoms with van der Waals surface area (Å²) in [6.45, 7) is 2.87. The van der Waals surface area contributed by atoms with Crippen molar-refractivity contribution in [3.8, 4) is 5.75 Å². The zero-order chi connectivity index (χ0) is 16.7. The van der Waals surface area contributed by atoms with Gasteiger partial charge >= 0.3 is 0 Å². The van der Waals surface area contributed by atoms with E-state index in [1.165, 1.54) is 4.31 Å². The lowest BCUT2D eigenvalue weighted by Gasteiger charge is -2.30. The number of hydrogen-bond acceptors (Lipinski definition) is 5. The van der Waals surface area contributed by atoms with Crippen molar-refractivity contribution in [2.24, 2.45) is 0 Å². The Balaban J connectivity index is 1.70. The molecule has 1 N–H and O–H groups in total. The molecule has 23 heavy (non-hydrogen) atoms. The molecule has 1 aromatic rings. The van der Waals surface area contributed by atoms with Gasteiger partial charge in [-0.3, -0.25) is 4.79 Å². The van der Waals surface area contributed by atoms with E-state index >= 15 is 0 Å². The number of sulfonamides is 1. The minimum absolute atomic E-state index is 0.0606. The molecule has 1 fully saturated rings. The summed E-state index contributed by atoms with van der Waals surface area (Å²) in [4.78, 5) is 11.7. The maximum Gasteiger partial charge on any atom is 0.257 e. The maximum absolute atomic E-state index is 12.2. The van der Waals surface area contributed by atoms with Gasteiger partial charge in [-0.15, -0.1) is 0 Å². The third-order valence-corrected chi connectivity index (χ3v) is 5.23. The number of nitrogens with zero attached hydrogens (tertiary/aromatic N) is 1. The van der Waals surface area contributed by atoms with Crippen LogP contribution in [0.3, 0.4) is 0 Å². The van der Waals surface area contributed by atoms with Crippen LogP contribution in [0.1, 0.15) is 6.92 Å². The summed E-state index contributed by atoms with van der Waals surface area (Å²) in [6.07, 6.45) is -0.104. The van der Waals surface area contributed by atoms with Crippen LogP contribution in [0.5, 0.6) is 5.75 Å². The molecule has 0 aromatic heterocycles. The van der Waals surface area contributed by atoms with Crippen molar-refractivity contribution in [2.45, 2.75) is 13.0 Å². The monoisotopic (exact) mass is 342 g/mol.